The molecule has 0 aliphatic rings. The molecule has 0 radical (unpaired) electrons. The summed E-state index contributed by atoms with van der Waals surface area (Å²) in [4.78, 5) is 0. The molecule has 3 heteroatoms. The molecule has 1 N–H and O–H groups in total. The van der Waals surface area contributed by atoms with E-state index in [2.05, 4.69) is 9.47 Å². The van der Waals surface area contributed by atoms with Crippen LogP contribution in [0.4, 0.5) is 0 Å². The van der Waals surface area contributed by atoms with Crippen LogP contribution in [-0.2, 0) is 9.47 Å². The molecule has 1 rings (SSSR count). The van der Waals surface area contributed by atoms with Crippen molar-refractivity contribution in [1.82, 2.24) is 0 Å². The smallest absolute Gasteiger partial charge is 0.268 e. The third-order valence-electron chi connectivity index (χ3n) is 1.07. The molecular formula is C9H14O3. The highest BCUT2D eigenvalue weighted by atomic mass is 16.8. The van der Waals surface area contributed by atoms with Gasteiger partial charge in [0, 0.05) is 14.2 Å². The Hall–Kier alpha value is -0.900. The summed E-state index contributed by atoms with van der Waals surface area (Å²) in [5.74, 6) is 0. The minimum Gasteiger partial charge on any atom is -0.346 e. The van der Waals surface area contributed by atoms with Crippen molar-refractivity contribution in [1.29, 1.82) is 0 Å². The van der Waals surface area contributed by atoms with Crippen LogP contribution in [-0.4, -0.2) is 25.8 Å². The number of hydrogen-bond donors (Lipinski definition) is 1. The molecule has 0 spiro atoms. The average Bonchev–Trinajstić information content (AvgIpc) is 2.20. The second kappa shape index (κ2) is 8.20. The predicted octanol–water partition coefficient (Wildman–Crippen LogP) is 1.24. The number of aliphatic hydroxyl groups excluding tert-OH is 1. The maximum atomic E-state index is 8.22. The molecule has 0 heterocycles. The van der Waals surface area contributed by atoms with Gasteiger partial charge in [0.1, 0.15) is 0 Å². The average molecular weight is 170 g/mol. The molecule has 0 fully saturated rings. The lowest BCUT2D eigenvalue weighted by molar-refractivity contribution is -0.236. The van der Waals surface area contributed by atoms with E-state index in [9.17, 15) is 0 Å². The van der Waals surface area contributed by atoms with Crippen molar-refractivity contribution in [2.75, 3.05) is 14.2 Å². The first-order valence-corrected chi connectivity index (χ1v) is 3.55. The maximum Gasteiger partial charge on any atom is 0.268 e. The normalized spacial score (nSPS) is 9.00. The van der Waals surface area contributed by atoms with E-state index in [0.29, 0.717) is 0 Å². The highest BCUT2D eigenvalue weighted by Gasteiger charge is 1.90. The van der Waals surface area contributed by atoms with Gasteiger partial charge in [-0.25, -0.2) is 0 Å². The van der Waals surface area contributed by atoms with Crippen LogP contribution in [0.5, 0.6) is 0 Å². The van der Waals surface area contributed by atoms with Crippen LogP contribution in [0.3, 0.4) is 0 Å². The third kappa shape index (κ3) is 7.21. The number of aliphatic hydroxyl groups is 1. The molecule has 3 nitrogen and oxygen atoms in total. The predicted molar refractivity (Wildman–Crippen MR) is 46.5 cm³/mol. The largest absolute Gasteiger partial charge is 0.346 e. The molecule has 0 aliphatic heterocycles. The molecule has 0 atom stereocenters. The first-order chi connectivity index (χ1) is 5.81. The van der Waals surface area contributed by atoms with Gasteiger partial charge < -0.3 is 14.6 Å². The van der Waals surface area contributed by atoms with Gasteiger partial charge in [-0.2, -0.15) is 0 Å². The van der Waals surface area contributed by atoms with Crippen LogP contribution in [0.2, 0.25) is 0 Å². The summed E-state index contributed by atoms with van der Waals surface area (Å²) >= 11 is 0. The number of ether oxygens (including phenoxy) is 2. The van der Waals surface area contributed by atoms with Gasteiger partial charge in [0.15, 0.2) is 0 Å². The summed E-state index contributed by atoms with van der Waals surface area (Å²) in [6.07, 6.45) is 0. The SMILES string of the molecule is COC(O)OC.c1ccccc1. The summed E-state index contributed by atoms with van der Waals surface area (Å²) in [6.45, 7) is -1.06. The third-order valence-corrected chi connectivity index (χ3v) is 1.07. The molecule has 0 saturated carbocycles. The van der Waals surface area contributed by atoms with E-state index in [0.717, 1.165) is 0 Å². The van der Waals surface area contributed by atoms with Crippen molar-refractivity contribution in [3.05, 3.63) is 36.4 Å². The number of hydrogen-bond acceptors (Lipinski definition) is 3. The molecule has 0 saturated heterocycles. The van der Waals surface area contributed by atoms with Gasteiger partial charge in [0.25, 0.3) is 6.48 Å². The Morgan fingerprint density at radius 2 is 1.08 bits per heavy atom. The molecule has 0 bridgehead atoms. The second-order valence-electron chi connectivity index (χ2n) is 1.93. The van der Waals surface area contributed by atoms with Crippen LogP contribution in [0, 0.1) is 0 Å². The number of rotatable bonds is 2. The Balaban J connectivity index is 0.000000202. The maximum absolute atomic E-state index is 8.22. The zero-order valence-electron chi connectivity index (χ0n) is 7.31. The fourth-order valence-electron chi connectivity index (χ4n) is 0.481. The number of methoxy groups -OCH3 is 2. The summed E-state index contributed by atoms with van der Waals surface area (Å²) in [6, 6.07) is 12.0. The van der Waals surface area contributed by atoms with E-state index in [1.807, 2.05) is 36.4 Å². The molecule has 0 unspecified atom stereocenters. The lowest BCUT2D eigenvalue weighted by Crippen LogP contribution is -2.09. The van der Waals surface area contributed by atoms with E-state index in [4.69, 9.17) is 5.11 Å². The zero-order chi connectivity index (χ0) is 9.23. The van der Waals surface area contributed by atoms with Crippen LogP contribution < -0.4 is 0 Å². The standard InChI is InChI=1S/C6H6.C3H8O3/c1-2-4-6-5-3-1;1-5-3(4)6-2/h1-6H;3-4H,1-2H3. The zero-order valence-corrected chi connectivity index (χ0v) is 7.31. The van der Waals surface area contributed by atoms with Crippen LogP contribution in [0.15, 0.2) is 36.4 Å². The topological polar surface area (TPSA) is 38.7 Å². The lowest BCUT2D eigenvalue weighted by atomic mass is 10.4. The van der Waals surface area contributed by atoms with Crippen molar-refractivity contribution >= 4 is 0 Å². The summed E-state index contributed by atoms with van der Waals surface area (Å²) in [7, 11) is 2.71. The van der Waals surface area contributed by atoms with Crippen molar-refractivity contribution < 1.29 is 14.6 Å². The summed E-state index contributed by atoms with van der Waals surface area (Å²) in [5, 5.41) is 8.22. The van der Waals surface area contributed by atoms with Gasteiger partial charge in [-0.1, -0.05) is 36.4 Å². The Morgan fingerprint density at radius 3 is 1.17 bits per heavy atom. The first kappa shape index (κ1) is 11.1. The van der Waals surface area contributed by atoms with Crippen LogP contribution in [0.25, 0.3) is 0 Å². The first-order valence-electron chi connectivity index (χ1n) is 3.55. The van der Waals surface area contributed by atoms with Gasteiger partial charge in [0.2, 0.25) is 0 Å². The molecule has 1 aromatic rings. The Kier molecular flexibility index (Phi) is 7.58. The van der Waals surface area contributed by atoms with E-state index < -0.39 is 6.48 Å². The van der Waals surface area contributed by atoms with Gasteiger partial charge in [-0.05, 0) is 0 Å². The highest BCUT2D eigenvalue weighted by Crippen LogP contribution is 1.80. The second-order valence-corrected chi connectivity index (χ2v) is 1.93. The molecule has 0 aromatic heterocycles. The van der Waals surface area contributed by atoms with Crippen molar-refractivity contribution in [3.8, 4) is 0 Å². The Labute approximate surface area is 72.6 Å². The summed E-state index contributed by atoms with van der Waals surface area (Å²) in [5.41, 5.74) is 0. The van der Waals surface area contributed by atoms with Gasteiger partial charge >= 0.3 is 0 Å². The minimum atomic E-state index is -1.06. The molecule has 0 amide bonds. The van der Waals surface area contributed by atoms with E-state index >= 15 is 0 Å². The van der Waals surface area contributed by atoms with Gasteiger partial charge in [-0.3, -0.25) is 0 Å². The van der Waals surface area contributed by atoms with Crippen LogP contribution >= 0.6 is 0 Å². The van der Waals surface area contributed by atoms with Crippen molar-refractivity contribution in [2.24, 2.45) is 0 Å². The fraction of sp³-hybridized carbons (Fsp3) is 0.333. The summed E-state index contributed by atoms with van der Waals surface area (Å²) < 4.78 is 8.47. The van der Waals surface area contributed by atoms with Gasteiger partial charge in [0.05, 0.1) is 0 Å². The monoisotopic (exact) mass is 170 g/mol. The minimum absolute atomic E-state index is 1.06. The highest BCUT2D eigenvalue weighted by molar-refractivity contribution is 4.99. The molecule has 1 aromatic carbocycles. The quantitative estimate of drug-likeness (QED) is 0.679. The van der Waals surface area contributed by atoms with E-state index in [-0.39, 0.29) is 0 Å². The van der Waals surface area contributed by atoms with E-state index in [1.54, 1.807) is 0 Å². The Morgan fingerprint density at radius 1 is 0.833 bits per heavy atom. The van der Waals surface area contributed by atoms with Gasteiger partial charge in [-0.15, -0.1) is 0 Å². The van der Waals surface area contributed by atoms with E-state index in [1.165, 1.54) is 14.2 Å². The molecule has 68 valence electrons. The van der Waals surface area contributed by atoms with Crippen LogP contribution in [0.1, 0.15) is 0 Å². The molecule has 12 heavy (non-hydrogen) atoms. The van der Waals surface area contributed by atoms with Crippen molar-refractivity contribution in [3.63, 3.8) is 0 Å². The fourth-order valence-corrected chi connectivity index (χ4v) is 0.481. The van der Waals surface area contributed by atoms with Crippen molar-refractivity contribution in [2.45, 2.75) is 6.48 Å². The molecule has 0 aliphatic carbocycles. The Bertz CT molecular complexity index is 134. The lowest BCUT2D eigenvalue weighted by Gasteiger charge is -2.01. The molecular weight excluding hydrogens is 156 g/mol. The number of benzene rings is 1.